The molecule has 0 fully saturated rings. The van der Waals surface area contributed by atoms with Crippen LogP contribution in [-0.4, -0.2) is 14.7 Å². The number of phenolic OH excluding ortho intramolecular Hbond substituents is 1. The average Bonchev–Trinajstić information content (AvgIpc) is 3.14. The molecular formula is C26H23N3O. The monoisotopic (exact) mass is 393 g/mol. The van der Waals surface area contributed by atoms with Crippen molar-refractivity contribution in [3.63, 3.8) is 0 Å². The van der Waals surface area contributed by atoms with Gasteiger partial charge in [0.15, 0.2) is 0 Å². The molecule has 0 bridgehead atoms. The molecule has 0 amide bonds. The second-order valence-electron chi connectivity index (χ2n) is 7.70. The number of hydrogen-bond donors (Lipinski definition) is 2. The van der Waals surface area contributed by atoms with E-state index in [-0.39, 0.29) is 11.8 Å². The van der Waals surface area contributed by atoms with Crippen molar-refractivity contribution in [1.82, 2.24) is 9.55 Å². The lowest BCUT2D eigenvalue weighted by atomic mass is 10.1. The van der Waals surface area contributed by atoms with Gasteiger partial charge in [-0.1, -0.05) is 60.7 Å². The molecule has 148 valence electrons. The van der Waals surface area contributed by atoms with Crippen LogP contribution in [0.1, 0.15) is 23.0 Å². The van der Waals surface area contributed by atoms with Gasteiger partial charge in [-0.3, -0.25) is 0 Å². The molecule has 5 aromatic rings. The number of hydrogen-bond acceptors (Lipinski definition) is 3. The van der Waals surface area contributed by atoms with Crippen LogP contribution in [0.5, 0.6) is 5.75 Å². The number of nitrogens with two attached hydrogens (primary N) is 1. The van der Waals surface area contributed by atoms with Crippen LogP contribution in [0, 0.1) is 0 Å². The lowest BCUT2D eigenvalue weighted by Crippen LogP contribution is -2.19. The first-order valence-corrected chi connectivity index (χ1v) is 10.1. The lowest BCUT2D eigenvalue weighted by molar-refractivity contribution is 0.475. The van der Waals surface area contributed by atoms with Crippen molar-refractivity contribution in [3.05, 3.63) is 108 Å². The van der Waals surface area contributed by atoms with Crippen LogP contribution in [0.25, 0.3) is 21.8 Å². The van der Waals surface area contributed by atoms with Crippen LogP contribution >= 0.6 is 0 Å². The smallest absolute Gasteiger partial charge is 0.127 e. The largest absolute Gasteiger partial charge is 0.508 e. The standard InChI is InChI=1S/C26H23N3O/c27-23(16-18-10-13-22(30)14-11-18)26-28-24-7-3-4-8-25(24)29(26)17-19-9-12-20-5-1-2-6-21(20)15-19/h1-15,23,30H,16-17,27H2. The van der Waals surface area contributed by atoms with Crippen LogP contribution in [0.4, 0.5) is 0 Å². The SMILES string of the molecule is NC(Cc1ccc(O)cc1)c1nc2ccccc2n1Cc1ccc2ccccc2c1. The second-order valence-corrected chi connectivity index (χ2v) is 7.70. The number of fused-ring (bicyclic) bond motifs is 2. The van der Waals surface area contributed by atoms with E-state index in [4.69, 9.17) is 10.7 Å². The van der Waals surface area contributed by atoms with E-state index in [0.717, 1.165) is 22.4 Å². The predicted molar refractivity (Wildman–Crippen MR) is 122 cm³/mol. The lowest BCUT2D eigenvalue weighted by Gasteiger charge is -2.16. The van der Waals surface area contributed by atoms with Crippen LogP contribution in [0.2, 0.25) is 0 Å². The Bertz CT molecular complexity index is 1320. The molecule has 0 aliphatic heterocycles. The highest BCUT2D eigenvalue weighted by Crippen LogP contribution is 2.25. The molecule has 0 radical (unpaired) electrons. The number of aromatic nitrogens is 2. The summed E-state index contributed by atoms with van der Waals surface area (Å²) in [5.41, 5.74) is 11.0. The Morgan fingerprint density at radius 1 is 0.800 bits per heavy atom. The third kappa shape index (κ3) is 3.53. The molecule has 30 heavy (non-hydrogen) atoms. The highest BCUT2D eigenvalue weighted by molar-refractivity contribution is 5.83. The Morgan fingerprint density at radius 3 is 2.33 bits per heavy atom. The Morgan fingerprint density at radius 2 is 1.50 bits per heavy atom. The van der Waals surface area contributed by atoms with Gasteiger partial charge < -0.3 is 15.4 Å². The zero-order valence-corrected chi connectivity index (χ0v) is 16.6. The van der Waals surface area contributed by atoms with E-state index in [1.54, 1.807) is 12.1 Å². The zero-order valence-electron chi connectivity index (χ0n) is 16.6. The molecule has 3 N–H and O–H groups in total. The molecule has 4 heteroatoms. The Balaban J connectivity index is 1.53. The van der Waals surface area contributed by atoms with E-state index in [0.29, 0.717) is 13.0 Å². The quantitative estimate of drug-likeness (QED) is 0.432. The van der Waals surface area contributed by atoms with Crippen molar-refractivity contribution >= 4 is 21.8 Å². The minimum atomic E-state index is -0.248. The zero-order chi connectivity index (χ0) is 20.5. The molecule has 0 spiro atoms. The highest BCUT2D eigenvalue weighted by Gasteiger charge is 2.18. The minimum absolute atomic E-state index is 0.248. The van der Waals surface area contributed by atoms with Gasteiger partial charge in [-0.15, -0.1) is 0 Å². The van der Waals surface area contributed by atoms with Gasteiger partial charge in [0.2, 0.25) is 0 Å². The average molecular weight is 393 g/mol. The van der Waals surface area contributed by atoms with Gasteiger partial charge in [-0.2, -0.15) is 0 Å². The molecule has 1 unspecified atom stereocenters. The topological polar surface area (TPSA) is 64.1 Å². The summed E-state index contributed by atoms with van der Waals surface area (Å²) in [5.74, 6) is 1.13. The van der Waals surface area contributed by atoms with Gasteiger partial charge in [0.05, 0.1) is 17.1 Å². The summed E-state index contributed by atoms with van der Waals surface area (Å²) >= 11 is 0. The molecular weight excluding hydrogens is 370 g/mol. The maximum absolute atomic E-state index is 9.54. The molecule has 0 aliphatic rings. The summed E-state index contributed by atoms with van der Waals surface area (Å²) in [7, 11) is 0. The summed E-state index contributed by atoms with van der Waals surface area (Å²) in [5, 5.41) is 12.0. The number of rotatable bonds is 5. The molecule has 0 aliphatic carbocycles. The third-order valence-corrected chi connectivity index (χ3v) is 5.56. The van der Waals surface area contributed by atoms with Crippen LogP contribution < -0.4 is 5.73 Å². The summed E-state index contributed by atoms with van der Waals surface area (Å²) in [6, 6.07) is 30.1. The van der Waals surface area contributed by atoms with E-state index < -0.39 is 0 Å². The summed E-state index contributed by atoms with van der Waals surface area (Å²) in [4.78, 5) is 4.87. The minimum Gasteiger partial charge on any atom is -0.508 e. The van der Waals surface area contributed by atoms with E-state index in [9.17, 15) is 5.11 Å². The molecule has 4 aromatic carbocycles. The van der Waals surface area contributed by atoms with Gasteiger partial charge in [-0.25, -0.2) is 4.98 Å². The Hall–Kier alpha value is -3.63. The first-order chi connectivity index (χ1) is 14.7. The fraction of sp³-hybridized carbons (Fsp3) is 0.115. The predicted octanol–water partition coefficient (Wildman–Crippen LogP) is 5.19. The van der Waals surface area contributed by atoms with Gasteiger partial charge in [-0.05, 0) is 58.7 Å². The second kappa shape index (κ2) is 7.65. The van der Waals surface area contributed by atoms with E-state index in [2.05, 4.69) is 53.1 Å². The van der Waals surface area contributed by atoms with Gasteiger partial charge in [0.25, 0.3) is 0 Å². The molecule has 1 heterocycles. The van der Waals surface area contributed by atoms with E-state index >= 15 is 0 Å². The Labute approximate surface area is 175 Å². The molecule has 1 atom stereocenters. The van der Waals surface area contributed by atoms with Crippen molar-refractivity contribution in [3.8, 4) is 5.75 Å². The van der Waals surface area contributed by atoms with Crippen LogP contribution in [-0.2, 0) is 13.0 Å². The van der Waals surface area contributed by atoms with Crippen LogP contribution in [0.15, 0.2) is 91.0 Å². The molecule has 0 saturated carbocycles. The van der Waals surface area contributed by atoms with Crippen molar-refractivity contribution in [1.29, 1.82) is 0 Å². The normalized spacial score (nSPS) is 12.4. The molecule has 4 nitrogen and oxygen atoms in total. The van der Waals surface area contributed by atoms with Crippen molar-refractivity contribution < 1.29 is 5.11 Å². The van der Waals surface area contributed by atoms with Gasteiger partial charge >= 0.3 is 0 Å². The van der Waals surface area contributed by atoms with Crippen LogP contribution in [0.3, 0.4) is 0 Å². The molecule has 5 rings (SSSR count). The van der Waals surface area contributed by atoms with Gasteiger partial charge in [0.1, 0.15) is 11.6 Å². The first-order valence-electron chi connectivity index (χ1n) is 10.1. The van der Waals surface area contributed by atoms with E-state index in [1.807, 2.05) is 30.3 Å². The fourth-order valence-corrected chi connectivity index (χ4v) is 4.04. The third-order valence-electron chi connectivity index (χ3n) is 5.56. The maximum Gasteiger partial charge on any atom is 0.127 e. The fourth-order valence-electron chi connectivity index (χ4n) is 4.04. The number of imidazole rings is 1. The van der Waals surface area contributed by atoms with E-state index in [1.165, 1.54) is 16.3 Å². The molecule has 1 aromatic heterocycles. The Kier molecular flexibility index (Phi) is 4.69. The number of para-hydroxylation sites is 2. The van der Waals surface area contributed by atoms with Gasteiger partial charge in [0, 0.05) is 6.54 Å². The number of aromatic hydroxyl groups is 1. The maximum atomic E-state index is 9.54. The molecule has 0 saturated heterocycles. The summed E-state index contributed by atoms with van der Waals surface area (Å²) in [6.07, 6.45) is 0.654. The number of benzene rings is 4. The van der Waals surface area contributed by atoms with Crippen molar-refractivity contribution in [2.24, 2.45) is 5.73 Å². The van der Waals surface area contributed by atoms with Crippen molar-refractivity contribution in [2.45, 2.75) is 19.0 Å². The highest BCUT2D eigenvalue weighted by atomic mass is 16.3. The first kappa shape index (κ1) is 18.4. The number of nitrogens with zero attached hydrogens (tertiary/aromatic N) is 2. The van der Waals surface area contributed by atoms with Crippen molar-refractivity contribution in [2.75, 3.05) is 0 Å². The summed E-state index contributed by atoms with van der Waals surface area (Å²) < 4.78 is 2.23. The summed E-state index contributed by atoms with van der Waals surface area (Å²) in [6.45, 7) is 0.712. The number of phenols is 1.